The second-order valence-electron chi connectivity index (χ2n) is 7.06. The van der Waals surface area contributed by atoms with E-state index in [4.69, 9.17) is 0 Å². The highest BCUT2D eigenvalue weighted by molar-refractivity contribution is 9.10. The molecule has 4 nitrogen and oxygen atoms in total. The number of aliphatic hydroxyl groups excluding tert-OH is 1. The van der Waals surface area contributed by atoms with Crippen molar-refractivity contribution in [1.29, 1.82) is 0 Å². The number of carbonyl (C=O) groups is 2. The molecule has 1 saturated heterocycles. The number of nitrogens with zero attached hydrogens (tertiary/aromatic N) is 1. The molecule has 1 atom stereocenters. The first kappa shape index (κ1) is 20.0. The molecule has 1 aliphatic heterocycles. The van der Waals surface area contributed by atoms with Gasteiger partial charge in [0.1, 0.15) is 11.6 Å². The van der Waals surface area contributed by atoms with Gasteiger partial charge < -0.3 is 5.11 Å². The van der Waals surface area contributed by atoms with E-state index in [9.17, 15) is 19.1 Å². The van der Waals surface area contributed by atoms with Crippen molar-refractivity contribution in [2.45, 2.75) is 13.0 Å². The second-order valence-corrected chi connectivity index (χ2v) is 7.98. The molecule has 3 aromatic rings. The summed E-state index contributed by atoms with van der Waals surface area (Å²) in [7, 11) is 0. The summed E-state index contributed by atoms with van der Waals surface area (Å²) in [4.78, 5) is 27.3. The predicted octanol–water partition coefficient (Wildman–Crippen LogP) is 5.52. The Kier molecular flexibility index (Phi) is 5.26. The fourth-order valence-electron chi connectivity index (χ4n) is 3.53. The summed E-state index contributed by atoms with van der Waals surface area (Å²) in [6.07, 6.45) is 0. The van der Waals surface area contributed by atoms with Crippen LogP contribution in [0.3, 0.4) is 0 Å². The van der Waals surface area contributed by atoms with Crippen LogP contribution in [0.15, 0.2) is 82.8 Å². The lowest BCUT2D eigenvalue weighted by Gasteiger charge is -2.25. The number of halogens is 2. The van der Waals surface area contributed by atoms with E-state index in [0.29, 0.717) is 16.8 Å². The van der Waals surface area contributed by atoms with E-state index < -0.39 is 23.5 Å². The first-order valence-corrected chi connectivity index (χ1v) is 10.0. The Hall–Kier alpha value is -3.25. The predicted molar refractivity (Wildman–Crippen MR) is 117 cm³/mol. The van der Waals surface area contributed by atoms with E-state index in [2.05, 4.69) is 15.9 Å². The molecule has 0 saturated carbocycles. The van der Waals surface area contributed by atoms with Gasteiger partial charge in [0.25, 0.3) is 11.7 Å². The van der Waals surface area contributed by atoms with Gasteiger partial charge in [0.2, 0.25) is 0 Å². The number of hydrogen-bond donors (Lipinski definition) is 1. The van der Waals surface area contributed by atoms with Crippen molar-refractivity contribution in [2.75, 3.05) is 4.90 Å². The lowest BCUT2D eigenvalue weighted by atomic mass is 9.95. The SMILES string of the molecule is Cc1ccc(/C(O)=C2\C(=O)C(=O)N(c3ccc(F)cc3)[C@H]2c2ccc(Br)cc2)cc1. The number of benzene rings is 3. The third-order valence-electron chi connectivity index (χ3n) is 5.06. The molecule has 1 aliphatic rings. The Bertz CT molecular complexity index is 1150. The molecular weight excluding hydrogens is 449 g/mol. The monoisotopic (exact) mass is 465 g/mol. The number of rotatable bonds is 3. The standard InChI is InChI=1S/C24H17BrFNO3/c1-14-2-4-16(5-3-14)22(28)20-21(15-6-8-17(25)9-7-15)27(24(30)23(20)29)19-12-10-18(26)11-13-19/h2-13,21,28H,1H3/b22-20+/t21-/m0/s1. The highest BCUT2D eigenvalue weighted by atomic mass is 79.9. The van der Waals surface area contributed by atoms with E-state index in [1.807, 2.05) is 19.1 Å². The normalized spacial score (nSPS) is 18.1. The van der Waals surface area contributed by atoms with Crippen LogP contribution in [0.4, 0.5) is 10.1 Å². The summed E-state index contributed by atoms with van der Waals surface area (Å²) >= 11 is 3.38. The molecule has 6 heteroatoms. The number of amides is 1. The van der Waals surface area contributed by atoms with Gasteiger partial charge in [-0.15, -0.1) is 0 Å². The molecule has 0 bridgehead atoms. The van der Waals surface area contributed by atoms with E-state index in [-0.39, 0.29) is 11.3 Å². The third kappa shape index (κ3) is 3.55. The van der Waals surface area contributed by atoms with Crippen molar-refractivity contribution >= 4 is 39.1 Å². The van der Waals surface area contributed by atoms with Crippen molar-refractivity contribution in [2.24, 2.45) is 0 Å². The van der Waals surface area contributed by atoms with E-state index in [1.54, 1.807) is 36.4 Å². The number of hydrogen-bond acceptors (Lipinski definition) is 3. The molecule has 1 amide bonds. The molecule has 3 aromatic carbocycles. The van der Waals surface area contributed by atoms with Crippen LogP contribution in [0.2, 0.25) is 0 Å². The Morgan fingerprint density at radius 2 is 1.53 bits per heavy atom. The summed E-state index contributed by atoms with van der Waals surface area (Å²) in [6.45, 7) is 1.92. The zero-order chi connectivity index (χ0) is 21.4. The first-order chi connectivity index (χ1) is 14.4. The van der Waals surface area contributed by atoms with Gasteiger partial charge in [0.05, 0.1) is 11.6 Å². The number of aryl methyl sites for hydroxylation is 1. The highest BCUT2D eigenvalue weighted by Crippen LogP contribution is 2.42. The van der Waals surface area contributed by atoms with Gasteiger partial charge in [-0.25, -0.2) is 4.39 Å². The van der Waals surface area contributed by atoms with Gasteiger partial charge in [-0.1, -0.05) is 57.9 Å². The van der Waals surface area contributed by atoms with Crippen LogP contribution in [0, 0.1) is 12.7 Å². The zero-order valence-electron chi connectivity index (χ0n) is 16.0. The van der Waals surface area contributed by atoms with Crippen LogP contribution in [0.5, 0.6) is 0 Å². The van der Waals surface area contributed by atoms with Crippen LogP contribution in [0.1, 0.15) is 22.7 Å². The molecular formula is C24H17BrFNO3. The minimum atomic E-state index is -0.843. The number of ketones is 1. The number of carbonyl (C=O) groups excluding carboxylic acids is 2. The summed E-state index contributed by atoms with van der Waals surface area (Å²) in [6, 6.07) is 18.7. The average molecular weight is 466 g/mol. The molecule has 0 aliphatic carbocycles. The molecule has 4 rings (SSSR count). The molecule has 0 radical (unpaired) electrons. The summed E-state index contributed by atoms with van der Waals surface area (Å²) < 4.78 is 14.3. The maximum atomic E-state index is 13.4. The van der Waals surface area contributed by atoms with Crippen LogP contribution in [-0.4, -0.2) is 16.8 Å². The minimum Gasteiger partial charge on any atom is -0.507 e. The molecule has 0 unspecified atom stereocenters. The van der Waals surface area contributed by atoms with Crippen LogP contribution >= 0.6 is 15.9 Å². The lowest BCUT2D eigenvalue weighted by Crippen LogP contribution is -2.29. The van der Waals surface area contributed by atoms with Crippen LogP contribution in [-0.2, 0) is 9.59 Å². The average Bonchev–Trinajstić information content (AvgIpc) is 3.00. The van der Waals surface area contributed by atoms with Crippen LogP contribution < -0.4 is 4.90 Å². The summed E-state index contributed by atoms with van der Waals surface area (Å²) in [5.41, 5.74) is 2.46. The fraction of sp³-hybridized carbons (Fsp3) is 0.0833. The highest BCUT2D eigenvalue weighted by Gasteiger charge is 2.46. The Balaban J connectivity index is 1.93. The van der Waals surface area contributed by atoms with Crippen molar-refractivity contribution < 1.29 is 19.1 Å². The Morgan fingerprint density at radius 1 is 0.933 bits per heavy atom. The first-order valence-electron chi connectivity index (χ1n) is 9.26. The van der Waals surface area contributed by atoms with E-state index in [1.165, 1.54) is 29.2 Å². The Morgan fingerprint density at radius 3 is 2.13 bits per heavy atom. The molecule has 0 aromatic heterocycles. The van der Waals surface area contributed by atoms with Crippen molar-refractivity contribution in [3.8, 4) is 0 Å². The minimum absolute atomic E-state index is 0.00417. The van der Waals surface area contributed by atoms with E-state index >= 15 is 0 Å². The topological polar surface area (TPSA) is 57.6 Å². The molecule has 30 heavy (non-hydrogen) atoms. The van der Waals surface area contributed by atoms with Gasteiger partial charge in [-0.3, -0.25) is 14.5 Å². The van der Waals surface area contributed by atoms with Gasteiger partial charge in [0, 0.05) is 15.7 Å². The van der Waals surface area contributed by atoms with Gasteiger partial charge in [-0.2, -0.15) is 0 Å². The van der Waals surface area contributed by atoms with Crippen molar-refractivity contribution in [3.63, 3.8) is 0 Å². The number of aliphatic hydroxyl groups is 1. The van der Waals surface area contributed by atoms with Gasteiger partial charge >= 0.3 is 0 Å². The number of anilines is 1. The molecule has 150 valence electrons. The Labute approximate surface area is 181 Å². The summed E-state index contributed by atoms with van der Waals surface area (Å²) in [5, 5.41) is 11.0. The fourth-order valence-corrected chi connectivity index (χ4v) is 3.79. The van der Waals surface area contributed by atoms with Gasteiger partial charge in [0.15, 0.2) is 0 Å². The third-order valence-corrected chi connectivity index (χ3v) is 5.59. The van der Waals surface area contributed by atoms with Gasteiger partial charge in [-0.05, 0) is 48.9 Å². The lowest BCUT2D eigenvalue weighted by molar-refractivity contribution is -0.132. The quantitative estimate of drug-likeness (QED) is 0.314. The van der Waals surface area contributed by atoms with E-state index in [0.717, 1.165) is 10.0 Å². The van der Waals surface area contributed by atoms with Crippen molar-refractivity contribution in [1.82, 2.24) is 0 Å². The van der Waals surface area contributed by atoms with Crippen LogP contribution in [0.25, 0.3) is 5.76 Å². The summed E-state index contributed by atoms with van der Waals surface area (Å²) in [5.74, 6) is -2.26. The van der Waals surface area contributed by atoms with Crippen molar-refractivity contribution in [3.05, 3.63) is 105 Å². The number of Topliss-reactive ketones (excluding diaryl/α,β-unsaturated/α-hetero) is 1. The maximum Gasteiger partial charge on any atom is 0.300 e. The molecule has 1 N–H and O–H groups in total. The molecule has 1 heterocycles. The smallest absolute Gasteiger partial charge is 0.300 e. The largest absolute Gasteiger partial charge is 0.507 e. The molecule has 0 spiro atoms. The second kappa shape index (κ2) is 7.88. The maximum absolute atomic E-state index is 13.4. The molecule has 1 fully saturated rings. The zero-order valence-corrected chi connectivity index (χ0v) is 17.6.